The molecule has 5 heteroatoms. The van der Waals surface area contributed by atoms with Gasteiger partial charge in [0.15, 0.2) is 5.82 Å². The number of amides is 1. The van der Waals surface area contributed by atoms with Gasteiger partial charge in [0.2, 0.25) is 0 Å². The predicted molar refractivity (Wildman–Crippen MR) is 57.9 cm³/mol. The van der Waals surface area contributed by atoms with Crippen LogP contribution in [0.3, 0.4) is 0 Å². The zero-order valence-corrected chi connectivity index (χ0v) is 8.19. The Morgan fingerprint density at radius 1 is 1.33 bits per heavy atom. The highest BCUT2D eigenvalue weighted by molar-refractivity contribution is 5.99. The van der Waals surface area contributed by atoms with Crippen LogP contribution in [0.4, 0.5) is 11.6 Å². The molecule has 76 valence electrons. The molecule has 0 aliphatic heterocycles. The average Bonchev–Trinajstić information content (AvgIpc) is 2.54. The number of fused-ring (bicyclic) bond motifs is 1. The van der Waals surface area contributed by atoms with Crippen LogP contribution in [0, 0.1) is 0 Å². The quantitative estimate of drug-likeness (QED) is 0.696. The third-order valence-electron chi connectivity index (χ3n) is 2.02. The fourth-order valence-corrected chi connectivity index (χ4v) is 1.39. The van der Waals surface area contributed by atoms with Gasteiger partial charge in [0.25, 0.3) is 5.91 Å². The fraction of sp³-hybridized carbons (Fsp3) is 0.100. The van der Waals surface area contributed by atoms with E-state index in [9.17, 15) is 4.79 Å². The van der Waals surface area contributed by atoms with Gasteiger partial charge in [0, 0.05) is 17.7 Å². The summed E-state index contributed by atoms with van der Waals surface area (Å²) in [4.78, 5) is 13.5. The van der Waals surface area contributed by atoms with Gasteiger partial charge in [-0.3, -0.25) is 4.79 Å². The van der Waals surface area contributed by atoms with Crippen molar-refractivity contribution in [3.05, 3.63) is 24.3 Å². The molecular weight excluding hydrogens is 192 g/mol. The molecule has 0 saturated heterocycles. The second kappa shape index (κ2) is 3.53. The molecule has 0 aliphatic rings. The van der Waals surface area contributed by atoms with Crippen molar-refractivity contribution >= 4 is 28.3 Å². The minimum absolute atomic E-state index is 0.341. The van der Waals surface area contributed by atoms with Gasteiger partial charge in [0.1, 0.15) is 5.82 Å². The molecule has 0 bridgehead atoms. The smallest absolute Gasteiger partial charge is 0.261 e. The molecule has 3 N–H and O–H groups in total. The maximum Gasteiger partial charge on any atom is 0.261 e. The normalized spacial score (nSPS) is 11.3. The van der Waals surface area contributed by atoms with Crippen LogP contribution in [-0.4, -0.2) is 10.9 Å². The van der Waals surface area contributed by atoms with Crippen molar-refractivity contribution < 1.29 is 4.79 Å². The van der Waals surface area contributed by atoms with Gasteiger partial charge in [-0.15, -0.1) is 10.2 Å². The number of hydrogen-bond donors (Lipinski definition) is 2. The van der Waals surface area contributed by atoms with E-state index in [1.807, 2.05) is 24.3 Å². The average molecular weight is 202 g/mol. The molecular formula is C10H10N4O. The highest BCUT2D eigenvalue weighted by Crippen LogP contribution is 2.30. The van der Waals surface area contributed by atoms with Crippen molar-refractivity contribution in [3.63, 3.8) is 0 Å². The number of nitrogens with two attached hydrogens (primary N) is 1. The Labute approximate surface area is 86.0 Å². The van der Waals surface area contributed by atoms with Crippen molar-refractivity contribution in [2.75, 3.05) is 5.73 Å². The molecule has 0 spiro atoms. The highest BCUT2D eigenvalue weighted by atomic mass is 16.1. The maximum atomic E-state index is 10.7. The van der Waals surface area contributed by atoms with Crippen LogP contribution in [0.25, 0.3) is 10.8 Å². The number of rotatable bonds is 1. The summed E-state index contributed by atoms with van der Waals surface area (Å²) in [6, 6.07) is 7.52. The van der Waals surface area contributed by atoms with Crippen molar-refractivity contribution in [1.29, 1.82) is 0 Å². The van der Waals surface area contributed by atoms with E-state index in [0.717, 1.165) is 10.8 Å². The first-order valence-electron chi connectivity index (χ1n) is 4.47. The van der Waals surface area contributed by atoms with Crippen LogP contribution >= 0.6 is 0 Å². The number of nitrogen functional groups attached to an aromatic ring is 1. The lowest BCUT2D eigenvalue weighted by Gasteiger charge is -1.88. The predicted octanol–water partition coefficient (Wildman–Crippen LogP) is 2.38. The Kier molecular flexibility index (Phi) is 2.21. The highest BCUT2D eigenvalue weighted by Gasteiger charge is 2.06. The number of anilines is 1. The molecule has 1 aromatic carbocycles. The number of benzene rings is 1. The fourth-order valence-electron chi connectivity index (χ4n) is 1.39. The van der Waals surface area contributed by atoms with E-state index in [2.05, 4.69) is 15.2 Å². The van der Waals surface area contributed by atoms with E-state index in [0.29, 0.717) is 11.6 Å². The lowest BCUT2D eigenvalue weighted by molar-refractivity contribution is -0.116. The summed E-state index contributed by atoms with van der Waals surface area (Å²) < 4.78 is 0. The molecule has 2 aromatic rings. The summed E-state index contributed by atoms with van der Waals surface area (Å²) in [6.07, 6.45) is 0. The standard InChI is InChI=1S/C10H10N4O/c1-6(15)13-14-10-8-5-3-2-4-7(8)9(11)12-10/h2-5,12H,11H2,1H3. The number of aromatic nitrogens is 1. The lowest BCUT2D eigenvalue weighted by atomic mass is 10.2. The molecule has 1 amide bonds. The minimum Gasteiger partial charge on any atom is -0.385 e. The molecule has 2 rings (SSSR count). The van der Waals surface area contributed by atoms with Crippen molar-refractivity contribution in [2.45, 2.75) is 6.92 Å². The summed E-state index contributed by atoms with van der Waals surface area (Å²) >= 11 is 0. The summed E-state index contributed by atoms with van der Waals surface area (Å²) in [7, 11) is 0. The number of H-pyrrole nitrogens is 1. The lowest BCUT2D eigenvalue weighted by Crippen LogP contribution is -1.82. The molecule has 0 atom stereocenters. The number of aromatic amines is 1. The first-order valence-corrected chi connectivity index (χ1v) is 4.47. The molecule has 0 unspecified atom stereocenters. The largest absolute Gasteiger partial charge is 0.385 e. The van der Waals surface area contributed by atoms with Gasteiger partial charge in [-0.1, -0.05) is 24.3 Å². The van der Waals surface area contributed by atoms with E-state index >= 15 is 0 Å². The Hall–Kier alpha value is -2.17. The van der Waals surface area contributed by atoms with Gasteiger partial charge in [0.05, 0.1) is 0 Å². The SMILES string of the molecule is CC(=O)N=Nc1[nH]c(N)c2ccccc12. The van der Waals surface area contributed by atoms with Crippen LogP contribution in [-0.2, 0) is 4.79 Å². The molecule has 5 nitrogen and oxygen atoms in total. The first-order chi connectivity index (χ1) is 7.18. The zero-order valence-electron chi connectivity index (χ0n) is 8.19. The molecule has 0 aliphatic carbocycles. The van der Waals surface area contributed by atoms with E-state index in [1.54, 1.807) is 0 Å². The second-order valence-corrected chi connectivity index (χ2v) is 3.15. The van der Waals surface area contributed by atoms with Crippen LogP contribution < -0.4 is 5.73 Å². The van der Waals surface area contributed by atoms with Crippen molar-refractivity contribution in [2.24, 2.45) is 10.2 Å². The Morgan fingerprint density at radius 3 is 2.67 bits per heavy atom. The van der Waals surface area contributed by atoms with Gasteiger partial charge in [-0.2, -0.15) is 0 Å². The first kappa shape index (κ1) is 9.39. The molecule has 1 aromatic heterocycles. The van der Waals surface area contributed by atoms with Crippen LogP contribution in [0.2, 0.25) is 0 Å². The number of nitrogens with zero attached hydrogens (tertiary/aromatic N) is 2. The monoisotopic (exact) mass is 202 g/mol. The van der Waals surface area contributed by atoms with Crippen molar-refractivity contribution in [1.82, 2.24) is 4.98 Å². The molecule has 1 heterocycles. The zero-order chi connectivity index (χ0) is 10.8. The summed E-state index contributed by atoms with van der Waals surface area (Å²) in [6.45, 7) is 1.35. The maximum absolute atomic E-state index is 10.7. The molecule has 15 heavy (non-hydrogen) atoms. The topological polar surface area (TPSA) is 83.6 Å². The third-order valence-corrected chi connectivity index (χ3v) is 2.02. The Bertz CT molecular complexity index is 541. The Morgan fingerprint density at radius 2 is 2.00 bits per heavy atom. The van der Waals surface area contributed by atoms with Crippen molar-refractivity contribution in [3.8, 4) is 0 Å². The Balaban J connectivity index is 2.57. The summed E-state index contributed by atoms with van der Waals surface area (Å²) in [5.41, 5.74) is 5.74. The van der Waals surface area contributed by atoms with E-state index in [-0.39, 0.29) is 5.91 Å². The summed E-state index contributed by atoms with van der Waals surface area (Å²) in [5.74, 6) is 0.702. The third kappa shape index (κ3) is 1.71. The molecule has 0 radical (unpaired) electrons. The van der Waals surface area contributed by atoms with Gasteiger partial charge < -0.3 is 10.7 Å². The van der Waals surface area contributed by atoms with Gasteiger partial charge in [-0.25, -0.2) is 0 Å². The molecule has 0 saturated carbocycles. The second-order valence-electron chi connectivity index (χ2n) is 3.15. The van der Waals surface area contributed by atoms with Crippen LogP contribution in [0.5, 0.6) is 0 Å². The summed E-state index contributed by atoms with van der Waals surface area (Å²) in [5, 5.41) is 9.00. The van der Waals surface area contributed by atoms with Gasteiger partial charge >= 0.3 is 0 Å². The number of hydrogen-bond acceptors (Lipinski definition) is 3. The number of carbonyl (C=O) groups excluding carboxylic acids is 1. The molecule has 0 fully saturated rings. The van der Waals surface area contributed by atoms with Crippen LogP contribution in [0.1, 0.15) is 6.92 Å². The number of azo groups is 1. The number of nitrogens with one attached hydrogen (secondary N) is 1. The minimum atomic E-state index is -0.341. The number of carbonyl (C=O) groups is 1. The van der Waals surface area contributed by atoms with Crippen LogP contribution in [0.15, 0.2) is 34.5 Å². The van der Waals surface area contributed by atoms with Gasteiger partial charge in [-0.05, 0) is 0 Å². The van der Waals surface area contributed by atoms with E-state index in [1.165, 1.54) is 6.92 Å². The van der Waals surface area contributed by atoms with E-state index < -0.39 is 0 Å². The van der Waals surface area contributed by atoms with E-state index in [4.69, 9.17) is 5.73 Å².